The summed E-state index contributed by atoms with van der Waals surface area (Å²) in [6.45, 7) is 7.07. The largest absolute Gasteiger partial charge is 0.328 e. The SMILES string of the molecule is CC=NCC(C)CC(C)N. The molecule has 0 rings (SSSR count). The molecule has 0 saturated carbocycles. The van der Waals surface area contributed by atoms with E-state index in [1.807, 2.05) is 20.1 Å². The van der Waals surface area contributed by atoms with Crippen LogP contribution >= 0.6 is 0 Å². The lowest BCUT2D eigenvalue weighted by atomic mass is 10.0. The molecule has 0 aliphatic rings. The predicted molar refractivity (Wildman–Crippen MR) is 46.5 cm³/mol. The first-order valence-corrected chi connectivity index (χ1v) is 3.86. The van der Waals surface area contributed by atoms with Crippen molar-refractivity contribution in [2.45, 2.75) is 33.2 Å². The Morgan fingerprint density at radius 3 is 2.50 bits per heavy atom. The molecule has 2 unspecified atom stereocenters. The van der Waals surface area contributed by atoms with Crippen molar-refractivity contribution in [3.63, 3.8) is 0 Å². The quantitative estimate of drug-likeness (QED) is 0.593. The first-order chi connectivity index (χ1) is 4.66. The highest BCUT2D eigenvalue weighted by molar-refractivity contribution is 5.53. The van der Waals surface area contributed by atoms with Gasteiger partial charge in [0.1, 0.15) is 0 Å². The highest BCUT2D eigenvalue weighted by Crippen LogP contribution is 2.03. The van der Waals surface area contributed by atoms with Crippen LogP contribution in [0.5, 0.6) is 0 Å². The lowest BCUT2D eigenvalue weighted by Gasteiger charge is -2.10. The molecular weight excluding hydrogens is 124 g/mol. The van der Waals surface area contributed by atoms with Crippen LogP contribution in [0.25, 0.3) is 0 Å². The van der Waals surface area contributed by atoms with E-state index >= 15 is 0 Å². The van der Waals surface area contributed by atoms with E-state index in [4.69, 9.17) is 5.73 Å². The van der Waals surface area contributed by atoms with Gasteiger partial charge in [-0.3, -0.25) is 4.99 Å². The summed E-state index contributed by atoms with van der Waals surface area (Å²) in [5.74, 6) is 0.621. The van der Waals surface area contributed by atoms with Crippen LogP contribution in [0.4, 0.5) is 0 Å². The highest BCUT2D eigenvalue weighted by Gasteiger charge is 2.02. The monoisotopic (exact) mass is 142 g/mol. The zero-order chi connectivity index (χ0) is 7.98. The summed E-state index contributed by atoms with van der Waals surface area (Å²) in [6.07, 6.45) is 2.91. The highest BCUT2D eigenvalue weighted by atomic mass is 14.7. The Labute approximate surface area is 63.5 Å². The van der Waals surface area contributed by atoms with E-state index in [-0.39, 0.29) is 0 Å². The third kappa shape index (κ3) is 5.76. The van der Waals surface area contributed by atoms with Gasteiger partial charge < -0.3 is 5.73 Å². The normalized spacial score (nSPS) is 17.6. The van der Waals surface area contributed by atoms with Gasteiger partial charge in [0.15, 0.2) is 0 Å². The Morgan fingerprint density at radius 1 is 1.50 bits per heavy atom. The van der Waals surface area contributed by atoms with Gasteiger partial charge in [-0.05, 0) is 32.4 Å². The second-order valence-corrected chi connectivity index (χ2v) is 2.94. The van der Waals surface area contributed by atoms with Gasteiger partial charge in [-0.15, -0.1) is 0 Å². The topological polar surface area (TPSA) is 38.4 Å². The molecule has 2 atom stereocenters. The molecule has 2 heteroatoms. The smallest absolute Gasteiger partial charge is 0.0411 e. The molecule has 0 aliphatic heterocycles. The summed E-state index contributed by atoms with van der Waals surface area (Å²) >= 11 is 0. The second kappa shape index (κ2) is 5.42. The van der Waals surface area contributed by atoms with Gasteiger partial charge in [-0.1, -0.05) is 6.92 Å². The van der Waals surface area contributed by atoms with Crippen molar-refractivity contribution in [2.75, 3.05) is 6.54 Å². The van der Waals surface area contributed by atoms with Gasteiger partial charge in [0, 0.05) is 12.6 Å². The molecule has 0 radical (unpaired) electrons. The summed E-state index contributed by atoms with van der Waals surface area (Å²) in [6, 6.07) is 0.307. The molecule has 0 spiro atoms. The number of aliphatic imine (C=N–C) groups is 1. The third-order valence-electron chi connectivity index (χ3n) is 1.37. The first kappa shape index (κ1) is 9.63. The Bertz CT molecular complexity index is 97.4. The van der Waals surface area contributed by atoms with Gasteiger partial charge in [-0.2, -0.15) is 0 Å². The summed E-state index contributed by atoms with van der Waals surface area (Å²) < 4.78 is 0. The molecule has 10 heavy (non-hydrogen) atoms. The van der Waals surface area contributed by atoms with E-state index < -0.39 is 0 Å². The lowest BCUT2D eigenvalue weighted by Crippen LogP contribution is -2.19. The van der Waals surface area contributed by atoms with Crippen LogP contribution in [0.15, 0.2) is 4.99 Å². The maximum Gasteiger partial charge on any atom is 0.0411 e. The van der Waals surface area contributed by atoms with Crippen molar-refractivity contribution >= 4 is 6.21 Å². The Morgan fingerprint density at radius 2 is 2.10 bits per heavy atom. The summed E-state index contributed by atoms with van der Waals surface area (Å²) in [5, 5.41) is 0. The van der Waals surface area contributed by atoms with Gasteiger partial charge in [0.2, 0.25) is 0 Å². The van der Waals surface area contributed by atoms with Crippen LogP contribution in [-0.2, 0) is 0 Å². The fourth-order valence-electron chi connectivity index (χ4n) is 0.995. The summed E-state index contributed by atoms with van der Waals surface area (Å²) in [5.41, 5.74) is 5.61. The van der Waals surface area contributed by atoms with Crippen LogP contribution in [0.1, 0.15) is 27.2 Å². The van der Waals surface area contributed by atoms with Crippen molar-refractivity contribution in [2.24, 2.45) is 16.6 Å². The third-order valence-corrected chi connectivity index (χ3v) is 1.37. The average molecular weight is 142 g/mol. The minimum Gasteiger partial charge on any atom is -0.328 e. The maximum atomic E-state index is 5.61. The molecular formula is C8H18N2. The van der Waals surface area contributed by atoms with Crippen LogP contribution in [0, 0.1) is 5.92 Å². The van der Waals surface area contributed by atoms with E-state index in [1.165, 1.54) is 0 Å². The van der Waals surface area contributed by atoms with Crippen molar-refractivity contribution in [3.05, 3.63) is 0 Å². The molecule has 0 heterocycles. The van der Waals surface area contributed by atoms with Gasteiger partial charge >= 0.3 is 0 Å². The molecule has 0 bridgehead atoms. The minimum atomic E-state index is 0.307. The number of nitrogens with two attached hydrogens (primary N) is 1. The maximum absolute atomic E-state index is 5.61. The molecule has 60 valence electrons. The number of nitrogens with zero attached hydrogens (tertiary/aromatic N) is 1. The van der Waals surface area contributed by atoms with E-state index in [2.05, 4.69) is 11.9 Å². The number of rotatable bonds is 4. The van der Waals surface area contributed by atoms with Gasteiger partial charge in [0.25, 0.3) is 0 Å². The number of hydrogen-bond acceptors (Lipinski definition) is 2. The first-order valence-electron chi connectivity index (χ1n) is 3.86. The molecule has 2 N–H and O–H groups in total. The Kier molecular flexibility index (Phi) is 5.22. The van der Waals surface area contributed by atoms with Crippen molar-refractivity contribution in [1.29, 1.82) is 0 Å². The standard InChI is InChI=1S/C8H18N2/c1-4-10-6-7(2)5-8(3)9/h4,7-8H,5-6,9H2,1-3H3. The molecule has 0 aromatic carbocycles. The Hall–Kier alpha value is -0.370. The predicted octanol–water partition coefficient (Wildman–Crippen LogP) is 1.45. The zero-order valence-corrected chi connectivity index (χ0v) is 7.17. The fourth-order valence-corrected chi connectivity index (χ4v) is 0.995. The summed E-state index contributed by atoms with van der Waals surface area (Å²) in [4.78, 5) is 4.14. The van der Waals surface area contributed by atoms with Gasteiger partial charge in [-0.25, -0.2) is 0 Å². The minimum absolute atomic E-state index is 0.307. The second-order valence-electron chi connectivity index (χ2n) is 2.94. The molecule has 0 fully saturated rings. The number of hydrogen-bond donors (Lipinski definition) is 1. The van der Waals surface area contributed by atoms with E-state index in [0.717, 1.165) is 13.0 Å². The molecule has 0 aromatic heterocycles. The molecule has 0 saturated heterocycles. The van der Waals surface area contributed by atoms with Crippen molar-refractivity contribution < 1.29 is 0 Å². The average Bonchev–Trinajstić information content (AvgIpc) is 1.82. The van der Waals surface area contributed by atoms with E-state index in [0.29, 0.717) is 12.0 Å². The molecule has 2 nitrogen and oxygen atoms in total. The van der Waals surface area contributed by atoms with Gasteiger partial charge in [0.05, 0.1) is 0 Å². The molecule has 0 amide bonds. The van der Waals surface area contributed by atoms with Crippen LogP contribution in [0.3, 0.4) is 0 Å². The van der Waals surface area contributed by atoms with E-state index in [9.17, 15) is 0 Å². The lowest BCUT2D eigenvalue weighted by molar-refractivity contribution is 0.492. The molecule has 0 aliphatic carbocycles. The van der Waals surface area contributed by atoms with Crippen molar-refractivity contribution in [1.82, 2.24) is 0 Å². The summed E-state index contributed by atoms with van der Waals surface area (Å²) in [7, 11) is 0. The van der Waals surface area contributed by atoms with Crippen LogP contribution in [-0.4, -0.2) is 18.8 Å². The van der Waals surface area contributed by atoms with Crippen LogP contribution in [0.2, 0.25) is 0 Å². The fraction of sp³-hybridized carbons (Fsp3) is 0.875. The van der Waals surface area contributed by atoms with Crippen molar-refractivity contribution in [3.8, 4) is 0 Å². The zero-order valence-electron chi connectivity index (χ0n) is 7.17. The van der Waals surface area contributed by atoms with Crippen LogP contribution < -0.4 is 5.73 Å². The Balaban J connectivity index is 3.33. The van der Waals surface area contributed by atoms with E-state index in [1.54, 1.807) is 0 Å². The molecule has 0 aromatic rings.